The lowest BCUT2D eigenvalue weighted by atomic mass is 9.93. The number of benzene rings is 1. The molecule has 114 valence electrons. The molecule has 0 radical (unpaired) electrons. The van der Waals surface area contributed by atoms with Gasteiger partial charge in [0.15, 0.2) is 0 Å². The zero-order chi connectivity index (χ0) is 15.5. The Bertz CT molecular complexity index is 676. The number of nitriles is 1. The average Bonchev–Trinajstić information content (AvgIpc) is 2.98. The molecule has 1 atom stereocenters. The van der Waals surface area contributed by atoms with Crippen LogP contribution in [-0.4, -0.2) is 9.78 Å². The van der Waals surface area contributed by atoms with Crippen LogP contribution in [0, 0.1) is 11.3 Å². The third kappa shape index (κ3) is 3.05. The van der Waals surface area contributed by atoms with E-state index in [0.29, 0.717) is 17.6 Å². The minimum Gasteiger partial charge on any atom is -0.304 e. The number of aryl methyl sites for hydroxylation is 1. The van der Waals surface area contributed by atoms with Crippen molar-refractivity contribution in [2.45, 2.75) is 51.7 Å². The van der Waals surface area contributed by atoms with Gasteiger partial charge in [0, 0.05) is 18.8 Å². The lowest BCUT2D eigenvalue weighted by Crippen LogP contribution is -2.25. The Morgan fingerprint density at radius 1 is 1.36 bits per heavy atom. The summed E-state index contributed by atoms with van der Waals surface area (Å²) in [6.45, 7) is 5.14. The molecule has 1 aromatic carbocycles. The average molecular weight is 294 g/mol. The number of hydrogen-bond acceptors (Lipinski definition) is 3. The second-order valence-electron chi connectivity index (χ2n) is 6.25. The lowest BCUT2D eigenvalue weighted by Gasteiger charge is -2.22. The van der Waals surface area contributed by atoms with Crippen LogP contribution in [0.25, 0.3) is 0 Å². The summed E-state index contributed by atoms with van der Waals surface area (Å²) in [6, 6.07) is 10.7. The van der Waals surface area contributed by atoms with E-state index < -0.39 is 0 Å². The molecule has 1 unspecified atom stereocenters. The summed E-state index contributed by atoms with van der Waals surface area (Å²) in [5, 5.41) is 17.2. The first-order valence-corrected chi connectivity index (χ1v) is 7.97. The highest BCUT2D eigenvalue weighted by atomic mass is 15.3. The summed E-state index contributed by atoms with van der Waals surface area (Å²) in [5.41, 5.74) is 4.51. The van der Waals surface area contributed by atoms with E-state index in [1.54, 1.807) is 0 Å². The summed E-state index contributed by atoms with van der Waals surface area (Å²) >= 11 is 0. The molecule has 0 fully saturated rings. The van der Waals surface area contributed by atoms with E-state index in [-0.39, 0.29) is 0 Å². The van der Waals surface area contributed by atoms with Crippen molar-refractivity contribution >= 4 is 0 Å². The molecule has 0 amide bonds. The van der Waals surface area contributed by atoms with Gasteiger partial charge in [-0.2, -0.15) is 10.4 Å². The SMILES string of the molecule is CC(C)n1cc2c(n1)C(NCc1ccc(C#N)cc1)CCC2. The van der Waals surface area contributed by atoms with Crippen LogP contribution in [0.3, 0.4) is 0 Å². The van der Waals surface area contributed by atoms with Gasteiger partial charge in [0.1, 0.15) is 0 Å². The second kappa shape index (κ2) is 6.33. The molecule has 0 saturated heterocycles. The van der Waals surface area contributed by atoms with Crippen molar-refractivity contribution in [2.24, 2.45) is 0 Å². The van der Waals surface area contributed by atoms with Crippen LogP contribution in [0.2, 0.25) is 0 Å². The van der Waals surface area contributed by atoms with E-state index in [4.69, 9.17) is 10.4 Å². The molecule has 22 heavy (non-hydrogen) atoms. The van der Waals surface area contributed by atoms with Gasteiger partial charge in [0.2, 0.25) is 0 Å². The molecule has 1 heterocycles. The van der Waals surface area contributed by atoms with E-state index in [1.807, 2.05) is 24.3 Å². The maximum absolute atomic E-state index is 8.84. The van der Waals surface area contributed by atoms with Crippen LogP contribution < -0.4 is 5.32 Å². The molecule has 0 spiro atoms. The Balaban J connectivity index is 1.70. The van der Waals surface area contributed by atoms with E-state index in [2.05, 4.69) is 36.1 Å². The van der Waals surface area contributed by atoms with Gasteiger partial charge in [-0.25, -0.2) is 0 Å². The van der Waals surface area contributed by atoms with Crippen LogP contribution in [0.15, 0.2) is 30.5 Å². The van der Waals surface area contributed by atoms with Crippen molar-refractivity contribution < 1.29 is 0 Å². The van der Waals surface area contributed by atoms with E-state index >= 15 is 0 Å². The van der Waals surface area contributed by atoms with Crippen LogP contribution in [-0.2, 0) is 13.0 Å². The molecule has 1 aliphatic rings. The molecule has 0 bridgehead atoms. The molecule has 0 aliphatic heterocycles. The Morgan fingerprint density at radius 2 is 2.14 bits per heavy atom. The Hall–Kier alpha value is -2.12. The van der Waals surface area contributed by atoms with E-state index in [9.17, 15) is 0 Å². The third-order valence-electron chi connectivity index (χ3n) is 4.27. The fourth-order valence-electron chi connectivity index (χ4n) is 2.96. The largest absolute Gasteiger partial charge is 0.304 e. The molecule has 1 N–H and O–H groups in total. The maximum Gasteiger partial charge on any atom is 0.0991 e. The summed E-state index contributed by atoms with van der Waals surface area (Å²) in [4.78, 5) is 0. The molecule has 0 saturated carbocycles. The predicted octanol–water partition coefficient (Wildman–Crippen LogP) is 3.50. The highest BCUT2D eigenvalue weighted by Gasteiger charge is 2.23. The second-order valence-corrected chi connectivity index (χ2v) is 6.25. The van der Waals surface area contributed by atoms with Crippen LogP contribution in [0.4, 0.5) is 0 Å². The Morgan fingerprint density at radius 3 is 2.82 bits per heavy atom. The van der Waals surface area contributed by atoms with Crippen molar-refractivity contribution in [3.63, 3.8) is 0 Å². The van der Waals surface area contributed by atoms with Gasteiger partial charge in [-0.15, -0.1) is 0 Å². The third-order valence-corrected chi connectivity index (χ3v) is 4.27. The maximum atomic E-state index is 8.84. The Labute approximate surface area is 131 Å². The zero-order valence-electron chi connectivity index (χ0n) is 13.2. The van der Waals surface area contributed by atoms with Crippen molar-refractivity contribution in [2.75, 3.05) is 0 Å². The zero-order valence-corrected chi connectivity index (χ0v) is 13.2. The number of nitrogens with zero attached hydrogens (tertiary/aromatic N) is 3. The molecular formula is C18H22N4. The molecule has 3 rings (SSSR count). The van der Waals surface area contributed by atoms with E-state index in [0.717, 1.165) is 19.4 Å². The van der Waals surface area contributed by atoms with Gasteiger partial charge in [-0.05, 0) is 56.4 Å². The van der Waals surface area contributed by atoms with Gasteiger partial charge >= 0.3 is 0 Å². The number of hydrogen-bond donors (Lipinski definition) is 1. The topological polar surface area (TPSA) is 53.6 Å². The molecule has 1 aromatic heterocycles. The summed E-state index contributed by atoms with van der Waals surface area (Å²) < 4.78 is 2.08. The van der Waals surface area contributed by atoms with Crippen molar-refractivity contribution in [3.05, 3.63) is 52.8 Å². The highest BCUT2D eigenvalue weighted by Crippen LogP contribution is 2.29. The minimum atomic E-state index is 0.333. The summed E-state index contributed by atoms with van der Waals surface area (Å²) in [5.74, 6) is 0. The van der Waals surface area contributed by atoms with Gasteiger partial charge in [0.05, 0.1) is 23.4 Å². The minimum absolute atomic E-state index is 0.333. The molecule has 2 aromatic rings. The van der Waals surface area contributed by atoms with Crippen LogP contribution in [0.1, 0.15) is 61.2 Å². The van der Waals surface area contributed by atoms with Gasteiger partial charge in [-0.1, -0.05) is 12.1 Å². The number of nitrogens with one attached hydrogen (secondary N) is 1. The van der Waals surface area contributed by atoms with Crippen LogP contribution >= 0.6 is 0 Å². The molecule has 1 aliphatic carbocycles. The van der Waals surface area contributed by atoms with Crippen LogP contribution in [0.5, 0.6) is 0 Å². The summed E-state index contributed by atoms with van der Waals surface area (Å²) in [6.07, 6.45) is 5.69. The van der Waals surface area contributed by atoms with Crippen molar-refractivity contribution in [1.29, 1.82) is 5.26 Å². The smallest absolute Gasteiger partial charge is 0.0991 e. The first kappa shape index (κ1) is 14.8. The number of rotatable bonds is 4. The molecular weight excluding hydrogens is 272 g/mol. The normalized spacial score (nSPS) is 17.3. The predicted molar refractivity (Wildman–Crippen MR) is 86.3 cm³/mol. The Kier molecular flexibility index (Phi) is 4.26. The standard InChI is InChI=1S/C18H22N4/c1-13(2)22-12-16-4-3-5-17(18(16)21-22)20-11-15-8-6-14(10-19)7-9-15/h6-9,12-13,17,20H,3-5,11H2,1-2H3. The van der Waals surface area contributed by atoms with Gasteiger partial charge in [0.25, 0.3) is 0 Å². The van der Waals surface area contributed by atoms with Gasteiger partial charge in [-0.3, -0.25) is 4.68 Å². The molecule has 4 heteroatoms. The first-order valence-electron chi connectivity index (χ1n) is 7.97. The first-order chi connectivity index (χ1) is 10.7. The highest BCUT2D eigenvalue weighted by molar-refractivity contribution is 5.31. The summed E-state index contributed by atoms with van der Waals surface area (Å²) in [7, 11) is 0. The number of fused-ring (bicyclic) bond motifs is 1. The van der Waals surface area contributed by atoms with Crippen molar-refractivity contribution in [1.82, 2.24) is 15.1 Å². The lowest BCUT2D eigenvalue weighted by molar-refractivity contribution is 0.439. The van der Waals surface area contributed by atoms with Crippen molar-refractivity contribution in [3.8, 4) is 6.07 Å². The number of aromatic nitrogens is 2. The molecule has 4 nitrogen and oxygen atoms in total. The fourth-order valence-corrected chi connectivity index (χ4v) is 2.96. The fraction of sp³-hybridized carbons (Fsp3) is 0.444. The van der Waals surface area contributed by atoms with E-state index in [1.165, 1.54) is 23.2 Å². The van der Waals surface area contributed by atoms with Gasteiger partial charge < -0.3 is 5.32 Å². The quantitative estimate of drug-likeness (QED) is 0.939. The monoisotopic (exact) mass is 294 g/mol.